The molecule has 6 heteroatoms. The van der Waals surface area contributed by atoms with Crippen molar-refractivity contribution in [3.63, 3.8) is 0 Å². The van der Waals surface area contributed by atoms with Crippen LogP contribution in [0.1, 0.15) is 18.0 Å². The Kier molecular flexibility index (Phi) is 3.98. The normalized spacial score (nSPS) is 22.5. The van der Waals surface area contributed by atoms with Gasteiger partial charge < -0.3 is 9.13 Å². The molecule has 0 N–H and O–H groups in total. The lowest BCUT2D eigenvalue weighted by molar-refractivity contribution is 0.383. The molecule has 0 spiro atoms. The molecule has 1 aliphatic rings. The smallest absolute Gasteiger partial charge is 0.0952 e. The van der Waals surface area contributed by atoms with Crippen LogP contribution in [-0.4, -0.2) is 23.8 Å². The van der Waals surface area contributed by atoms with Crippen molar-refractivity contribution in [3.05, 3.63) is 78.9 Å². The summed E-state index contributed by atoms with van der Waals surface area (Å²) in [6.45, 7) is 4.84. The summed E-state index contributed by atoms with van der Waals surface area (Å²) in [5.74, 6) is 0. The van der Waals surface area contributed by atoms with Gasteiger partial charge in [0.2, 0.25) is 0 Å². The first kappa shape index (κ1) is 15.5. The van der Waals surface area contributed by atoms with Crippen LogP contribution in [0.2, 0.25) is 5.02 Å². The average Bonchev–Trinajstić information content (AvgIpc) is 3.27. The number of rotatable bonds is 5. The Morgan fingerprint density at radius 2 is 2.08 bits per heavy atom. The van der Waals surface area contributed by atoms with E-state index >= 15 is 0 Å². The zero-order valence-corrected chi connectivity index (χ0v) is 14.6. The Morgan fingerprint density at radius 1 is 1.25 bits per heavy atom. The van der Waals surface area contributed by atoms with Crippen molar-refractivity contribution in [3.8, 4) is 0 Å². The minimum Gasteiger partial charge on any atom is -0.336 e. The molecule has 4 nitrogen and oxygen atoms in total. The van der Waals surface area contributed by atoms with Crippen LogP contribution in [0.3, 0.4) is 0 Å². The summed E-state index contributed by atoms with van der Waals surface area (Å²) >= 11 is 8.12. The van der Waals surface area contributed by atoms with E-state index in [-0.39, 0.29) is 10.8 Å². The Labute approximate surface area is 150 Å². The lowest BCUT2D eigenvalue weighted by Gasteiger charge is -2.35. The fourth-order valence-electron chi connectivity index (χ4n) is 3.51. The summed E-state index contributed by atoms with van der Waals surface area (Å²) in [4.78, 5) is 9.68. The molecular weight excluding hydrogens is 340 g/mol. The van der Waals surface area contributed by atoms with Crippen LogP contribution in [-0.2, 0) is 6.54 Å². The fraction of sp³-hybridized carbons (Fsp3) is 0.222. The summed E-state index contributed by atoms with van der Waals surface area (Å²) < 4.78 is 4.22. The molecule has 0 aliphatic carbocycles. The van der Waals surface area contributed by atoms with Crippen molar-refractivity contribution in [1.82, 2.24) is 19.1 Å². The van der Waals surface area contributed by atoms with Crippen LogP contribution in [0.5, 0.6) is 0 Å². The largest absolute Gasteiger partial charge is 0.336 e. The third kappa shape index (κ3) is 2.58. The second-order valence-electron chi connectivity index (χ2n) is 5.99. The highest BCUT2D eigenvalue weighted by atomic mass is 35.5. The highest BCUT2D eigenvalue weighted by molar-refractivity contribution is 8.01. The van der Waals surface area contributed by atoms with E-state index in [1.165, 1.54) is 10.5 Å². The monoisotopic (exact) mass is 356 g/mol. The second-order valence-corrected chi connectivity index (χ2v) is 7.88. The fourth-order valence-corrected chi connectivity index (χ4v) is 5.44. The van der Waals surface area contributed by atoms with Crippen molar-refractivity contribution in [2.24, 2.45) is 0 Å². The van der Waals surface area contributed by atoms with Gasteiger partial charge in [-0.2, -0.15) is 0 Å². The van der Waals surface area contributed by atoms with E-state index in [0.29, 0.717) is 0 Å². The lowest BCUT2D eigenvalue weighted by Crippen LogP contribution is -2.37. The molecule has 3 heterocycles. The van der Waals surface area contributed by atoms with Gasteiger partial charge in [-0.15, -0.1) is 18.3 Å². The van der Waals surface area contributed by atoms with Crippen molar-refractivity contribution in [2.45, 2.75) is 28.6 Å². The predicted octanol–water partition coefficient (Wildman–Crippen LogP) is 4.44. The minimum atomic E-state index is -0.101. The van der Waals surface area contributed by atoms with E-state index in [1.54, 1.807) is 0 Å². The average molecular weight is 357 g/mol. The van der Waals surface area contributed by atoms with Crippen molar-refractivity contribution >= 4 is 23.4 Å². The number of aromatic nitrogens is 4. The van der Waals surface area contributed by atoms with Crippen LogP contribution < -0.4 is 0 Å². The number of fused-ring (bicyclic) bond motifs is 1. The van der Waals surface area contributed by atoms with Gasteiger partial charge in [0, 0.05) is 41.3 Å². The van der Waals surface area contributed by atoms with Crippen molar-refractivity contribution in [2.75, 3.05) is 0 Å². The maximum atomic E-state index is 6.24. The molecule has 0 saturated heterocycles. The molecule has 1 aromatic carbocycles. The van der Waals surface area contributed by atoms with Crippen molar-refractivity contribution in [1.29, 1.82) is 0 Å². The third-order valence-electron chi connectivity index (χ3n) is 4.40. The van der Waals surface area contributed by atoms with E-state index in [1.807, 2.05) is 61.3 Å². The van der Waals surface area contributed by atoms with Crippen LogP contribution in [0.15, 0.2) is 73.2 Å². The zero-order valence-electron chi connectivity index (χ0n) is 13.0. The number of allylic oxidation sites excluding steroid dienone is 1. The predicted molar refractivity (Wildman–Crippen MR) is 97.4 cm³/mol. The van der Waals surface area contributed by atoms with Gasteiger partial charge in [-0.25, -0.2) is 9.97 Å². The molecule has 1 aliphatic heterocycles. The molecule has 4 rings (SSSR count). The van der Waals surface area contributed by atoms with Crippen molar-refractivity contribution < 1.29 is 0 Å². The van der Waals surface area contributed by atoms with Gasteiger partial charge >= 0.3 is 0 Å². The maximum Gasteiger partial charge on any atom is 0.0952 e. The quantitative estimate of drug-likeness (QED) is 0.634. The van der Waals surface area contributed by atoms with E-state index in [0.717, 1.165) is 18.0 Å². The molecule has 122 valence electrons. The number of benzene rings is 1. The molecular formula is C18H17ClN4S. The molecule has 0 amide bonds. The number of imidazole rings is 2. The Balaban J connectivity index is 1.86. The number of halogens is 1. The van der Waals surface area contributed by atoms with Gasteiger partial charge in [-0.1, -0.05) is 23.7 Å². The molecule has 2 aromatic heterocycles. The topological polar surface area (TPSA) is 35.6 Å². The highest BCUT2D eigenvalue weighted by Crippen LogP contribution is 2.56. The SMILES string of the molecule is C=CC[C@]1(Cn2ccnc2)Sc2cc(Cl)ccc2[C@@H]1n1ccnc1. The van der Waals surface area contributed by atoms with Crippen LogP contribution in [0.25, 0.3) is 0 Å². The minimum absolute atomic E-state index is 0.101. The summed E-state index contributed by atoms with van der Waals surface area (Å²) in [6, 6.07) is 6.32. The first-order valence-corrected chi connectivity index (χ1v) is 8.94. The molecule has 24 heavy (non-hydrogen) atoms. The Bertz CT molecular complexity index is 844. The summed E-state index contributed by atoms with van der Waals surface area (Å²) in [7, 11) is 0. The van der Waals surface area contributed by atoms with E-state index < -0.39 is 0 Å². The van der Waals surface area contributed by atoms with Gasteiger partial charge in [0.15, 0.2) is 0 Å². The molecule has 0 bridgehead atoms. The highest BCUT2D eigenvalue weighted by Gasteiger charge is 2.47. The van der Waals surface area contributed by atoms with Crippen LogP contribution in [0, 0.1) is 0 Å². The van der Waals surface area contributed by atoms with Gasteiger partial charge in [-0.3, -0.25) is 0 Å². The molecule has 0 unspecified atom stereocenters. The standard InChI is InChI=1S/C18H17ClN4S/c1-2-5-18(11-22-8-6-20-12-22)17(23-9-7-21-13-23)15-4-3-14(19)10-16(15)24-18/h2-4,6-10,12-13,17H,1,5,11H2/t17-,18+/m0/s1. The number of hydrogen-bond donors (Lipinski definition) is 0. The summed E-state index contributed by atoms with van der Waals surface area (Å²) in [5, 5.41) is 0.766. The molecule has 0 radical (unpaired) electrons. The second kappa shape index (κ2) is 6.15. The number of hydrogen-bond acceptors (Lipinski definition) is 3. The lowest BCUT2D eigenvalue weighted by atomic mass is 9.89. The van der Waals surface area contributed by atoms with Crippen LogP contribution >= 0.6 is 23.4 Å². The van der Waals surface area contributed by atoms with E-state index in [4.69, 9.17) is 11.6 Å². The van der Waals surface area contributed by atoms with Gasteiger partial charge in [-0.05, 0) is 24.1 Å². The molecule has 0 fully saturated rings. The Hall–Kier alpha value is -1.98. The molecule has 0 saturated carbocycles. The molecule has 3 aromatic rings. The molecule has 2 atom stereocenters. The first-order valence-electron chi connectivity index (χ1n) is 7.74. The third-order valence-corrected chi connectivity index (χ3v) is 6.14. The summed E-state index contributed by atoms with van der Waals surface area (Å²) in [5.41, 5.74) is 1.28. The van der Waals surface area contributed by atoms with Crippen LogP contribution in [0.4, 0.5) is 0 Å². The van der Waals surface area contributed by atoms with E-state index in [2.05, 4.69) is 37.8 Å². The van der Waals surface area contributed by atoms with Gasteiger partial charge in [0.05, 0.1) is 23.4 Å². The number of nitrogens with zero attached hydrogens (tertiary/aromatic N) is 4. The number of thioether (sulfide) groups is 1. The van der Waals surface area contributed by atoms with Gasteiger partial charge in [0.1, 0.15) is 0 Å². The van der Waals surface area contributed by atoms with E-state index in [9.17, 15) is 0 Å². The first-order chi connectivity index (χ1) is 11.7. The maximum absolute atomic E-state index is 6.24. The Morgan fingerprint density at radius 3 is 2.79 bits per heavy atom. The zero-order chi connectivity index (χ0) is 16.6. The van der Waals surface area contributed by atoms with Gasteiger partial charge in [0.25, 0.3) is 0 Å². The summed E-state index contributed by atoms with van der Waals surface area (Å²) in [6.07, 6.45) is 14.3.